The first-order valence-corrected chi connectivity index (χ1v) is 9.74. The summed E-state index contributed by atoms with van der Waals surface area (Å²) in [6.45, 7) is 0. The molecular weight excluding hydrogens is 422 g/mol. The molecule has 29 heavy (non-hydrogen) atoms. The quantitative estimate of drug-likeness (QED) is 0.344. The molecule has 0 atom stereocenters. The van der Waals surface area contributed by atoms with Crippen LogP contribution in [-0.2, 0) is 10.0 Å². The standard InChI is InChI=1S/C17H12ClN5O5S/c18-16-7-8-17(21-20-16)22-29(27,28)14-4-1-12(2-5-14)19-10-11-9-13(23(25)26)3-6-15(11)24/h1-10,24H,(H,21,22). The molecule has 12 heteroatoms. The number of sulfonamides is 1. The minimum Gasteiger partial charge on any atom is -0.507 e. The van der Waals surface area contributed by atoms with E-state index in [0.717, 1.165) is 0 Å². The van der Waals surface area contributed by atoms with Crippen LogP contribution in [0.5, 0.6) is 5.75 Å². The third kappa shape index (κ3) is 5.03. The van der Waals surface area contributed by atoms with Crippen LogP contribution in [-0.4, -0.2) is 34.9 Å². The van der Waals surface area contributed by atoms with Crippen molar-refractivity contribution in [2.45, 2.75) is 4.90 Å². The van der Waals surface area contributed by atoms with Crippen molar-refractivity contribution >= 4 is 45.0 Å². The highest BCUT2D eigenvalue weighted by Gasteiger charge is 2.15. The van der Waals surface area contributed by atoms with E-state index in [9.17, 15) is 23.6 Å². The summed E-state index contributed by atoms with van der Waals surface area (Å²) in [4.78, 5) is 14.3. The molecule has 3 aromatic rings. The number of hydrogen-bond donors (Lipinski definition) is 2. The average Bonchev–Trinajstić information content (AvgIpc) is 2.69. The van der Waals surface area contributed by atoms with E-state index in [4.69, 9.17) is 11.6 Å². The highest BCUT2D eigenvalue weighted by Crippen LogP contribution is 2.23. The molecule has 0 saturated heterocycles. The van der Waals surface area contributed by atoms with Gasteiger partial charge in [0.15, 0.2) is 11.0 Å². The van der Waals surface area contributed by atoms with E-state index in [2.05, 4.69) is 19.9 Å². The Kier molecular flexibility index (Phi) is 5.71. The fraction of sp³-hybridized carbons (Fsp3) is 0. The van der Waals surface area contributed by atoms with Crippen molar-refractivity contribution in [3.63, 3.8) is 0 Å². The third-order valence-corrected chi connectivity index (χ3v) is 5.16. The van der Waals surface area contributed by atoms with Crippen LogP contribution in [0.2, 0.25) is 5.15 Å². The summed E-state index contributed by atoms with van der Waals surface area (Å²) in [5.41, 5.74) is 0.335. The Morgan fingerprint density at radius 2 is 1.83 bits per heavy atom. The van der Waals surface area contributed by atoms with E-state index < -0.39 is 14.9 Å². The van der Waals surface area contributed by atoms with Crippen LogP contribution in [0.25, 0.3) is 0 Å². The molecule has 0 bridgehead atoms. The molecule has 0 aliphatic heterocycles. The lowest BCUT2D eigenvalue weighted by Crippen LogP contribution is -2.14. The zero-order valence-corrected chi connectivity index (χ0v) is 16.0. The maximum Gasteiger partial charge on any atom is 0.270 e. The van der Waals surface area contributed by atoms with Crippen LogP contribution in [0.15, 0.2) is 64.5 Å². The summed E-state index contributed by atoms with van der Waals surface area (Å²) in [7, 11) is -3.89. The van der Waals surface area contributed by atoms with Gasteiger partial charge in [0.2, 0.25) is 0 Å². The molecule has 2 N–H and O–H groups in total. The Hall–Kier alpha value is -3.57. The highest BCUT2D eigenvalue weighted by atomic mass is 35.5. The molecule has 1 aromatic heterocycles. The lowest BCUT2D eigenvalue weighted by molar-refractivity contribution is -0.384. The molecule has 0 aliphatic carbocycles. The van der Waals surface area contributed by atoms with E-state index in [1.54, 1.807) is 0 Å². The second kappa shape index (κ2) is 8.20. The van der Waals surface area contributed by atoms with Crippen molar-refractivity contribution in [2.75, 3.05) is 4.72 Å². The minimum absolute atomic E-state index is 0.0117. The second-order valence-electron chi connectivity index (χ2n) is 5.60. The van der Waals surface area contributed by atoms with Crippen LogP contribution in [0.1, 0.15) is 5.56 Å². The predicted octanol–water partition coefficient (Wildman–Crippen LogP) is 3.30. The summed E-state index contributed by atoms with van der Waals surface area (Å²) in [6.07, 6.45) is 1.24. The number of benzene rings is 2. The predicted molar refractivity (Wildman–Crippen MR) is 106 cm³/mol. The van der Waals surface area contributed by atoms with E-state index in [0.29, 0.717) is 5.69 Å². The molecule has 2 aromatic carbocycles. The number of phenolic OH excluding ortho intramolecular Hbond substituents is 1. The van der Waals surface area contributed by atoms with Gasteiger partial charge in [0.25, 0.3) is 15.7 Å². The summed E-state index contributed by atoms with van der Waals surface area (Å²) in [5, 5.41) is 27.9. The van der Waals surface area contributed by atoms with Crippen molar-refractivity contribution in [1.29, 1.82) is 0 Å². The van der Waals surface area contributed by atoms with Gasteiger partial charge in [-0.25, -0.2) is 8.42 Å². The molecule has 0 fully saturated rings. The van der Waals surface area contributed by atoms with Crippen LogP contribution in [0, 0.1) is 10.1 Å². The molecular formula is C17H12ClN5O5S. The van der Waals surface area contributed by atoms with Crippen LogP contribution in [0.3, 0.4) is 0 Å². The number of aromatic nitrogens is 2. The van der Waals surface area contributed by atoms with E-state index in [1.807, 2.05) is 0 Å². The SMILES string of the molecule is O=[N+]([O-])c1ccc(O)c(C=Nc2ccc(S(=O)(=O)Nc3ccc(Cl)nn3)cc2)c1. The number of phenols is 1. The normalized spacial score (nSPS) is 11.5. The van der Waals surface area contributed by atoms with Gasteiger partial charge in [0, 0.05) is 23.9 Å². The van der Waals surface area contributed by atoms with Gasteiger partial charge in [-0.15, -0.1) is 10.2 Å². The molecule has 0 unspecified atom stereocenters. The maximum atomic E-state index is 12.4. The van der Waals surface area contributed by atoms with Crippen molar-refractivity contribution in [3.8, 4) is 5.75 Å². The maximum absolute atomic E-state index is 12.4. The second-order valence-corrected chi connectivity index (χ2v) is 7.67. The number of nitrogens with one attached hydrogen (secondary N) is 1. The fourth-order valence-electron chi connectivity index (χ4n) is 2.18. The largest absolute Gasteiger partial charge is 0.507 e. The van der Waals surface area contributed by atoms with Gasteiger partial charge in [0.05, 0.1) is 15.5 Å². The smallest absolute Gasteiger partial charge is 0.270 e. The Balaban J connectivity index is 1.78. The van der Waals surface area contributed by atoms with E-state index >= 15 is 0 Å². The number of nitro benzene ring substituents is 1. The molecule has 0 saturated carbocycles. The van der Waals surface area contributed by atoms with Crippen LogP contribution in [0.4, 0.5) is 17.2 Å². The highest BCUT2D eigenvalue weighted by molar-refractivity contribution is 7.92. The first kappa shape index (κ1) is 20.2. The lowest BCUT2D eigenvalue weighted by Gasteiger charge is -2.07. The van der Waals surface area contributed by atoms with Gasteiger partial charge in [-0.1, -0.05) is 11.6 Å². The number of aliphatic imine (C=N–C) groups is 1. The van der Waals surface area contributed by atoms with Gasteiger partial charge in [-0.3, -0.25) is 19.8 Å². The summed E-state index contributed by atoms with van der Waals surface area (Å²) >= 11 is 5.61. The number of nitro groups is 1. The van der Waals surface area contributed by atoms with Crippen molar-refractivity contribution < 1.29 is 18.4 Å². The van der Waals surface area contributed by atoms with Crippen LogP contribution < -0.4 is 4.72 Å². The Morgan fingerprint density at radius 1 is 1.10 bits per heavy atom. The number of anilines is 1. The molecule has 0 amide bonds. The number of hydrogen-bond acceptors (Lipinski definition) is 8. The van der Waals surface area contributed by atoms with E-state index in [-0.39, 0.29) is 32.9 Å². The Morgan fingerprint density at radius 3 is 2.45 bits per heavy atom. The molecule has 0 spiro atoms. The number of non-ortho nitro benzene ring substituents is 1. The Bertz CT molecular complexity index is 1180. The molecule has 0 aliphatic rings. The van der Waals surface area contributed by atoms with Crippen molar-refractivity contribution in [3.05, 3.63) is 75.4 Å². The molecule has 3 rings (SSSR count). The van der Waals surface area contributed by atoms with Crippen molar-refractivity contribution in [1.82, 2.24) is 10.2 Å². The van der Waals surface area contributed by atoms with Gasteiger partial charge in [-0.05, 0) is 42.5 Å². The van der Waals surface area contributed by atoms with E-state index in [1.165, 1.54) is 60.8 Å². The monoisotopic (exact) mass is 433 g/mol. The fourth-order valence-corrected chi connectivity index (χ4v) is 3.28. The Labute approximate surface area is 169 Å². The summed E-state index contributed by atoms with van der Waals surface area (Å²) < 4.78 is 27.0. The molecule has 1 heterocycles. The summed E-state index contributed by atoms with van der Waals surface area (Å²) in [5.74, 6) is -0.163. The third-order valence-electron chi connectivity index (χ3n) is 3.59. The molecule has 0 radical (unpaired) electrons. The molecule has 148 valence electrons. The first-order chi connectivity index (χ1) is 13.7. The lowest BCUT2D eigenvalue weighted by atomic mass is 10.2. The molecule has 10 nitrogen and oxygen atoms in total. The number of halogens is 1. The number of aromatic hydroxyl groups is 1. The zero-order valence-electron chi connectivity index (χ0n) is 14.4. The average molecular weight is 434 g/mol. The van der Waals surface area contributed by atoms with Gasteiger partial charge >= 0.3 is 0 Å². The van der Waals surface area contributed by atoms with Gasteiger partial charge in [-0.2, -0.15) is 0 Å². The first-order valence-electron chi connectivity index (χ1n) is 7.88. The number of nitrogens with zero attached hydrogens (tertiary/aromatic N) is 4. The van der Waals surface area contributed by atoms with Crippen LogP contribution >= 0.6 is 11.6 Å². The van der Waals surface area contributed by atoms with Gasteiger partial charge in [0.1, 0.15) is 5.75 Å². The number of rotatable bonds is 6. The minimum atomic E-state index is -3.89. The van der Waals surface area contributed by atoms with Gasteiger partial charge < -0.3 is 5.11 Å². The summed E-state index contributed by atoms with van der Waals surface area (Å²) in [6, 6.07) is 11.8. The topological polar surface area (TPSA) is 148 Å². The zero-order chi connectivity index (χ0) is 21.0. The van der Waals surface area contributed by atoms with Crippen molar-refractivity contribution in [2.24, 2.45) is 4.99 Å².